The fraction of sp³-hybridized carbons (Fsp3) is 0.500. The van der Waals surface area contributed by atoms with E-state index < -0.39 is 0 Å². The quantitative estimate of drug-likeness (QED) is 0.666. The van der Waals surface area contributed by atoms with E-state index in [2.05, 4.69) is 29.8 Å². The number of hydrogen-bond acceptors (Lipinski definition) is 2. The highest BCUT2D eigenvalue weighted by Gasteiger charge is 2.01. The lowest BCUT2D eigenvalue weighted by Crippen LogP contribution is -2.09. The summed E-state index contributed by atoms with van der Waals surface area (Å²) in [5.74, 6) is 0.553. The summed E-state index contributed by atoms with van der Waals surface area (Å²) in [6, 6.07) is 2.18. The van der Waals surface area contributed by atoms with E-state index in [0.717, 1.165) is 0 Å². The van der Waals surface area contributed by atoms with Crippen LogP contribution in [0, 0.1) is 0 Å². The van der Waals surface area contributed by atoms with E-state index in [4.69, 9.17) is 0 Å². The van der Waals surface area contributed by atoms with Crippen molar-refractivity contribution in [3.8, 4) is 0 Å². The summed E-state index contributed by atoms with van der Waals surface area (Å²) >= 11 is 0. The molecule has 0 aromatic carbocycles. The maximum Gasteiger partial charge on any atom is 0.0550 e. The maximum atomic E-state index is 4.19. The molecule has 1 rings (SSSR count). The third kappa shape index (κ3) is 1.97. The monoisotopic (exact) mass is 164 g/mol. The molecule has 2 heteroatoms. The van der Waals surface area contributed by atoms with Crippen LogP contribution < -0.4 is 4.90 Å². The third-order valence-corrected chi connectivity index (χ3v) is 1.93. The molecule has 66 valence electrons. The molecular formula is C10H16N2. The topological polar surface area (TPSA) is 16.1 Å². The molecule has 0 aliphatic rings. The molecule has 12 heavy (non-hydrogen) atoms. The van der Waals surface area contributed by atoms with E-state index in [-0.39, 0.29) is 0 Å². The second-order valence-electron chi connectivity index (χ2n) is 3.53. The predicted octanol–water partition coefficient (Wildman–Crippen LogP) is 2.27. The Kier molecular flexibility index (Phi) is 2.69. The Balaban J connectivity index is 2.96. The van der Waals surface area contributed by atoms with Crippen LogP contribution in [-0.2, 0) is 0 Å². The van der Waals surface area contributed by atoms with Crippen molar-refractivity contribution >= 4 is 5.69 Å². The summed E-state index contributed by atoms with van der Waals surface area (Å²) in [5, 5.41) is 0. The Morgan fingerprint density at radius 3 is 2.42 bits per heavy atom. The van der Waals surface area contributed by atoms with Crippen LogP contribution in [0.2, 0.25) is 0 Å². The van der Waals surface area contributed by atoms with Crippen LogP contribution in [0.5, 0.6) is 0 Å². The fourth-order valence-corrected chi connectivity index (χ4v) is 1.01. The van der Waals surface area contributed by atoms with Gasteiger partial charge in [-0.05, 0) is 17.5 Å². The van der Waals surface area contributed by atoms with E-state index in [0.29, 0.717) is 5.92 Å². The van der Waals surface area contributed by atoms with Gasteiger partial charge < -0.3 is 4.90 Å². The van der Waals surface area contributed by atoms with Gasteiger partial charge in [0.1, 0.15) is 0 Å². The molecule has 1 aromatic rings. The smallest absolute Gasteiger partial charge is 0.0550 e. The SMILES string of the molecule is CC(C)c1cncc(N(C)C)c1. The van der Waals surface area contributed by atoms with Crippen LogP contribution >= 0.6 is 0 Å². The van der Waals surface area contributed by atoms with Gasteiger partial charge in [-0.1, -0.05) is 13.8 Å². The zero-order chi connectivity index (χ0) is 9.14. The van der Waals surface area contributed by atoms with Crippen molar-refractivity contribution in [3.63, 3.8) is 0 Å². The van der Waals surface area contributed by atoms with Crippen molar-refractivity contribution in [2.75, 3.05) is 19.0 Å². The molecule has 0 saturated heterocycles. The fourth-order valence-electron chi connectivity index (χ4n) is 1.01. The molecule has 0 spiro atoms. The molecule has 1 aromatic heterocycles. The van der Waals surface area contributed by atoms with Crippen LogP contribution in [0.1, 0.15) is 25.3 Å². The molecule has 0 aliphatic heterocycles. The standard InChI is InChI=1S/C10H16N2/c1-8(2)9-5-10(12(3)4)7-11-6-9/h5-8H,1-4H3. The van der Waals surface area contributed by atoms with Crippen molar-refractivity contribution < 1.29 is 0 Å². The number of hydrogen-bond donors (Lipinski definition) is 0. The lowest BCUT2D eigenvalue weighted by Gasteiger charge is -2.13. The zero-order valence-electron chi connectivity index (χ0n) is 8.20. The molecular weight excluding hydrogens is 148 g/mol. The minimum atomic E-state index is 0.553. The number of aromatic nitrogens is 1. The van der Waals surface area contributed by atoms with Gasteiger partial charge in [0.15, 0.2) is 0 Å². The molecule has 0 N–H and O–H groups in total. The second-order valence-corrected chi connectivity index (χ2v) is 3.53. The first-order valence-corrected chi connectivity index (χ1v) is 4.23. The van der Waals surface area contributed by atoms with Gasteiger partial charge in [0.2, 0.25) is 0 Å². The number of pyridine rings is 1. The van der Waals surface area contributed by atoms with E-state index in [1.165, 1.54) is 11.3 Å². The van der Waals surface area contributed by atoms with Gasteiger partial charge in [0, 0.05) is 20.3 Å². The molecule has 1 heterocycles. The summed E-state index contributed by atoms with van der Waals surface area (Å²) in [7, 11) is 4.06. The molecule has 0 fully saturated rings. The van der Waals surface area contributed by atoms with E-state index in [1.807, 2.05) is 26.5 Å². The van der Waals surface area contributed by atoms with Gasteiger partial charge in [-0.25, -0.2) is 0 Å². The van der Waals surface area contributed by atoms with Gasteiger partial charge in [-0.3, -0.25) is 4.98 Å². The molecule has 0 bridgehead atoms. The summed E-state index contributed by atoms with van der Waals surface area (Å²) in [5.41, 5.74) is 2.46. The average molecular weight is 164 g/mol. The highest BCUT2D eigenvalue weighted by Crippen LogP contribution is 2.18. The molecule has 0 saturated carbocycles. The first-order valence-electron chi connectivity index (χ1n) is 4.23. The lowest BCUT2D eigenvalue weighted by atomic mass is 10.1. The lowest BCUT2D eigenvalue weighted by molar-refractivity contribution is 0.856. The van der Waals surface area contributed by atoms with Gasteiger partial charge in [-0.2, -0.15) is 0 Å². The van der Waals surface area contributed by atoms with Crippen molar-refractivity contribution in [1.82, 2.24) is 4.98 Å². The molecule has 0 amide bonds. The van der Waals surface area contributed by atoms with Crippen LogP contribution in [0.15, 0.2) is 18.5 Å². The van der Waals surface area contributed by atoms with Gasteiger partial charge >= 0.3 is 0 Å². The minimum absolute atomic E-state index is 0.553. The van der Waals surface area contributed by atoms with Crippen molar-refractivity contribution in [3.05, 3.63) is 24.0 Å². The Morgan fingerprint density at radius 2 is 1.92 bits per heavy atom. The van der Waals surface area contributed by atoms with Crippen LogP contribution in [-0.4, -0.2) is 19.1 Å². The Labute approximate surface area is 74.2 Å². The Hall–Kier alpha value is -1.05. The first-order chi connectivity index (χ1) is 5.61. The van der Waals surface area contributed by atoms with Crippen LogP contribution in [0.3, 0.4) is 0 Å². The van der Waals surface area contributed by atoms with E-state index >= 15 is 0 Å². The van der Waals surface area contributed by atoms with E-state index in [9.17, 15) is 0 Å². The number of rotatable bonds is 2. The number of anilines is 1. The molecule has 2 nitrogen and oxygen atoms in total. The number of nitrogens with zero attached hydrogens (tertiary/aromatic N) is 2. The Morgan fingerprint density at radius 1 is 1.25 bits per heavy atom. The van der Waals surface area contributed by atoms with E-state index in [1.54, 1.807) is 0 Å². The highest BCUT2D eigenvalue weighted by atomic mass is 15.1. The summed E-state index contributed by atoms with van der Waals surface area (Å²) < 4.78 is 0. The maximum absolute atomic E-state index is 4.19. The predicted molar refractivity (Wildman–Crippen MR) is 52.7 cm³/mol. The Bertz CT molecular complexity index is 231. The highest BCUT2D eigenvalue weighted by molar-refractivity contribution is 5.44. The largest absolute Gasteiger partial charge is 0.376 e. The first kappa shape index (κ1) is 9.04. The second kappa shape index (κ2) is 3.57. The minimum Gasteiger partial charge on any atom is -0.376 e. The normalized spacial score (nSPS) is 10.4. The van der Waals surface area contributed by atoms with Crippen LogP contribution in [0.25, 0.3) is 0 Å². The molecule has 0 radical (unpaired) electrons. The molecule has 0 atom stereocenters. The van der Waals surface area contributed by atoms with Crippen molar-refractivity contribution in [1.29, 1.82) is 0 Å². The van der Waals surface area contributed by atoms with Crippen molar-refractivity contribution in [2.45, 2.75) is 19.8 Å². The van der Waals surface area contributed by atoms with Crippen LogP contribution in [0.4, 0.5) is 5.69 Å². The summed E-state index contributed by atoms with van der Waals surface area (Å²) in [6.07, 6.45) is 3.81. The van der Waals surface area contributed by atoms with Crippen molar-refractivity contribution in [2.24, 2.45) is 0 Å². The summed E-state index contributed by atoms with van der Waals surface area (Å²) in [6.45, 7) is 4.35. The zero-order valence-corrected chi connectivity index (χ0v) is 8.20. The third-order valence-electron chi connectivity index (χ3n) is 1.93. The molecule has 0 aliphatic carbocycles. The van der Waals surface area contributed by atoms with Gasteiger partial charge in [0.25, 0.3) is 0 Å². The summed E-state index contributed by atoms with van der Waals surface area (Å²) in [4.78, 5) is 6.25. The average Bonchev–Trinajstić information content (AvgIpc) is 2.04. The molecule has 0 unspecified atom stereocenters. The van der Waals surface area contributed by atoms with Gasteiger partial charge in [0.05, 0.1) is 11.9 Å². The van der Waals surface area contributed by atoms with Gasteiger partial charge in [-0.15, -0.1) is 0 Å².